The lowest BCUT2D eigenvalue weighted by Gasteiger charge is -2.05. The van der Waals surface area contributed by atoms with Gasteiger partial charge in [-0.25, -0.2) is 0 Å². The number of thioether (sulfide) groups is 1. The summed E-state index contributed by atoms with van der Waals surface area (Å²) in [4.78, 5) is 11.2. The minimum atomic E-state index is -0.0325. The molecule has 5 heteroatoms. The van der Waals surface area contributed by atoms with Gasteiger partial charge < -0.3 is 5.32 Å². The third kappa shape index (κ3) is 3.38. The molecule has 21 heavy (non-hydrogen) atoms. The van der Waals surface area contributed by atoms with Gasteiger partial charge in [-0.1, -0.05) is 72.4 Å². The molecule has 104 valence electrons. The molecule has 1 saturated heterocycles. The predicted octanol–water partition coefficient (Wildman–Crippen LogP) is 2.66. The first-order valence-corrected chi connectivity index (χ1v) is 7.50. The van der Waals surface area contributed by atoms with Crippen molar-refractivity contribution in [1.82, 2.24) is 5.32 Å². The van der Waals surface area contributed by atoms with Crippen molar-refractivity contribution in [2.24, 2.45) is 10.2 Å². The van der Waals surface area contributed by atoms with Gasteiger partial charge in [0.15, 0.2) is 5.17 Å². The molecule has 0 aromatic heterocycles. The molecule has 1 aliphatic rings. The lowest BCUT2D eigenvalue weighted by Crippen LogP contribution is -2.20. The van der Waals surface area contributed by atoms with E-state index in [4.69, 9.17) is 0 Å². The fourth-order valence-electron chi connectivity index (χ4n) is 1.95. The van der Waals surface area contributed by atoms with Crippen molar-refractivity contribution in [1.29, 1.82) is 0 Å². The number of nitrogens with one attached hydrogen (secondary N) is 1. The number of amides is 1. The molecule has 1 fully saturated rings. The van der Waals surface area contributed by atoms with Crippen LogP contribution in [0.5, 0.6) is 0 Å². The summed E-state index contributed by atoms with van der Waals surface area (Å²) in [5.41, 5.74) is 2.76. The van der Waals surface area contributed by atoms with Crippen molar-refractivity contribution in [2.75, 3.05) is 5.75 Å². The first-order chi connectivity index (χ1) is 10.3. The maximum Gasteiger partial charge on any atom is 0.236 e. The molecule has 2 aromatic carbocycles. The van der Waals surface area contributed by atoms with Crippen molar-refractivity contribution in [3.63, 3.8) is 0 Å². The standard InChI is InChI=1S/C16H13N3OS/c20-14-11-21-16(17-14)19-18-15(12-7-3-1-4-8-12)13-9-5-2-6-10-13/h1-10H,11H2,(H,17,19,20). The minimum absolute atomic E-state index is 0.0325. The third-order valence-corrected chi connectivity index (χ3v) is 3.79. The van der Waals surface area contributed by atoms with Crippen LogP contribution < -0.4 is 5.32 Å². The molecule has 0 bridgehead atoms. The molecule has 1 amide bonds. The molecular weight excluding hydrogens is 282 g/mol. The van der Waals surface area contributed by atoms with Gasteiger partial charge in [0.1, 0.15) is 5.71 Å². The highest BCUT2D eigenvalue weighted by molar-refractivity contribution is 8.15. The van der Waals surface area contributed by atoms with Crippen molar-refractivity contribution < 1.29 is 4.79 Å². The maximum absolute atomic E-state index is 11.2. The van der Waals surface area contributed by atoms with E-state index in [1.54, 1.807) is 0 Å². The Balaban J connectivity index is 1.99. The minimum Gasteiger partial charge on any atom is -0.303 e. The van der Waals surface area contributed by atoms with E-state index < -0.39 is 0 Å². The molecule has 1 heterocycles. The lowest BCUT2D eigenvalue weighted by atomic mass is 10.0. The molecule has 2 aromatic rings. The maximum atomic E-state index is 11.2. The fraction of sp³-hybridized carbons (Fsp3) is 0.0625. The predicted molar refractivity (Wildman–Crippen MR) is 86.6 cm³/mol. The van der Waals surface area contributed by atoms with Crippen LogP contribution >= 0.6 is 11.8 Å². The molecule has 1 aliphatic heterocycles. The summed E-state index contributed by atoms with van der Waals surface area (Å²) in [5, 5.41) is 11.7. The summed E-state index contributed by atoms with van der Waals surface area (Å²) >= 11 is 1.37. The van der Waals surface area contributed by atoms with E-state index in [1.165, 1.54) is 11.8 Å². The van der Waals surface area contributed by atoms with E-state index >= 15 is 0 Å². The Kier molecular flexibility index (Phi) is 4.12. The molecular formula is C16H13N3OS. The number of amidine groups is 1. The van der Waals surface area contributed by atoms with Crippen molar-refractivity contribution in [3.05, 3.63) is 71.8 Å². The number of hydrogen-bond donors (Lipinski definition) is 1. The highest BCUT2D eigenvalue weighted by Gasteiger charge is 2.16. The van der Waals surface area contributed by atoms with Crippen LogP contribution in [0.1, 0.15) is 11.1 Å². The highest BCUT2D eigenvalue weighted by Crippen LogP contribution is 2.13. The molecule has 0 atom stereocenters. The zero-order valence-corrected chi connectivity index (χ0v) is 12.0. The van der Waals surface area contributed by atoms with E-state index in [0.29, 0.717) is 10.9 Å². The van der Waals surface area contributed by atoms with E-state index in [1.807, 2.05) is 60.7 Å². The molecule has 0 spiro atoms. The van der Waals surface area contributed by atoms with Gasteiger partial charge in [-0.2, -0.15) is 0 Å². The van der Waals surface area contributed by atoms with Gasteiger partial charge in [-0.3, -0.25) is 4.79 Å². The summed E-state index contributed by atoms with van der Waals surface area (Å²) in [5.74, 6) is 0.371. The largest absolute Gasteiger partial charge is 0.303 e. The normalized spacial score (nSPS) is 15.8. The van der Waals surface area contributed by atoms with Crippen LogP contribution in [0.15, 0.2) is 70.9 Å². The van der Waals surface area contributed by atoms with Crippen LogP contribution in [0, 0.1) is 0 Å². The number of nitrogens with zero attached hydrogens (tertiary/aromatic N) is 2. The zero-order chi connectivity index (χ0) is 14.5. The quantitative estimate of drug-likeness (QED) is 0.699. The molecule has 4 nitrogen and oxygen atoms in total. The van der Waals surface area contributed by atoms with Gasteiger partial charge in [0.05, 0.1) is 5.75 Å². The number of hydrogen-bond acceptors (Lipinski definition) is 4. The molecule has 0 radical (unpaired) electrons. The van der Waals surface area contributed by atoms with Crippen LogP contribution in [0.25, 0.3) is 0 Å². The molecule has 0 saturated carbocycles. The van der Waals surface area contributed by atoms with Crippen LogP contribution in [-0.2, 0) is 4.79 Å². The molecule has 0 unspecified atom stereocenters. The Hall–Kier alpha value is -2.40. The van der Waals surface area contributed by atoms with Gasteiger partial charge in [0, 0.05) is 11.1 Å². The molecule has 3 rings (SSSR count). The number of carbonyl (C=O) groups is 1. The van der Waals surface area contributed by atoms with Gasteiger partial charge in [0.25, 0.3) is 0 Å². The van der Waals surface area contributed by atoms with Gasteiger partial charge in [-0.15, -0.1) is 10.2 Å². The van der Waals surface area contributed by atoms with E-state index in [9.17, 15) is 4.79 Å². The molecule has 0 aliphatic carbocycles. The van der Waals surface area contributed by atoms with Gasteiger partial charge >= 0.3 is 0 Å². The summed E-state index contributed by atoms with van der Waals surface area (Å²) in [6, 6.07) is 19.8. The van der Waals surface area contributed by atoms with E-state index in [2.05, 4.69) is 15.5 Å². The fourth-order valence-corrected chi connectivity index (χ4v) is 2.57. The van der Waals surface area contributed by atoms with Crippen molar-refractivity contribution >= 4 is 28.5 Å². The van der Waals surface area contributed by atoms with Crippen LogP contribution in [0.2, 0.25) is 0 Å². The Morgan fingerprint density at radius 3 is 2.00 bits per heavy atom. The number of benzene rings is 2. The first kappa shape index (κ1) is 13.6. The smallest absolute Gasteiger partial charge is 0.236 e. The van der Waals surface area contributed by atoms with Crippen LogP contribution in [0.3, 0.4) is 0 Å². The van der Waals surface area contributed by atoms with Crippen molar-refractivity contribution in [3.8, 4) is 0 Å². The Morgan fingerprint density at radius 1 is 0.952 bits per heavy atom. The second-order valence-electron chi connectivity index (χ2n) is 4.42. The SMILES string of the molecule is O=C1CS/C(=N\N=C(c2ccccc2)c2ccccc2)N1. The molecule has 1 N–H and O–H groups in total. The van der Waals surface area contributed by atoms with Crippen LogP contribution in [0.4, 0.5) is 0 Å². The Bertz CT molecular complexity index is 654. The monoisotopic (exact) mass is 295 g/mol. The Morgan fingerprint density at radius 2 is 1.52 bits per heavy atom. The third-order valence-electron chi connectivity index (χ3n) is 2.92. The van der Waals surface area contributed by atoms with E-state index in [-0.39, 0.29) is 5.91 Å². The summed E-state index contributed by atoms with van der Waals surface area (Å²) in [7, 11) is 0. The number of carbonyl (C=O) groups excluding carboxylic acids is 1. The summed E-state index contributed by atoms with van der Waals surface area (Å²) < 4.78 is 0. The number of rotatable bonds is 3. The second-order valence-corrected chi connectivity index (χ2v) is 5.39. The highest BCUT2D eigenvalue weighted by atomic mass is 32.2. The zero-order valence-electron chi connectivity index (χ0n) is 11.2. The second kappa shape index (κ2) is 6.37. The van der Waals surface area contributed by atoms with Gasteiger partial charge in [0.2, 0.25) is 5.91 Å². The van der Waals surface area contributed by atoms with Gasteiger partial charge in [-0.05, 0) is 0 Å². The first-order valence-electron chi connectivity index (χ1n) is 6.52. The Labute approximate surface area is 127 Å². The average molecular weight is 295 g/mol. The van der Waals surface area contributed by atoms with E-state index in [0.717, 1.165) is 16.8 Å². The summed E-state index contributed by atoms with van der Waals surface area (Å²) in [6.07, 6.45) is 0. The lowest BCUT2D eigenvalue weighted by molar-refractivity contribution is -0.116. The van der Waals surface area contributed by atoms with Crippen molar-refractivity contribution in [2.45, 2.75) is 0 Å². The summed E-state index contributed by atoms with van der Waals surface area (Å²) in [6.45, 7) is 0. The topological polar surface area (TPSA) is 53.8 Å². The average Bonchev–Trinajstić information content (AvgIpc) is 2.95. The van der Waals surface area contributed by atoms with Crippen LogP contribution in [-0.4, -0.2) is 22.5 Å².